The van der Waals surface area contributed by atoms with Crippen molar-refractivity contribution in [1.29, 1.82) is 0 Å². The minimum Gasteiger partial charge on any atom is -0.377 e. The topological polar surface area (TPSA) is 24.5 Å². The van der Waals surface area contributed by atoms with Gasteiger partial charge in [-0.1, -0.05) is 19.8 Å². The Morgan fingerprint density at radius 3 is 2.61 bits per heavy atom. The van der Waals surface area contributed by atoms with E-state index >= 15 is 0 Å². The van der Waals surface area contributed by atoms with Gasteiger partial charge in [0.2, 0.25) is 0 Å². The summed E-state index contributed by atoms with van der Waals surface area (Å²) in [5.41, 5.74) is 0. The number of rotatable bonds is 7. The first-order valence-corrected chi connectivity index (χ1v) is 7.89. The van der Waals surface area contributed by atoms with Crippen molar-refractivity contribution < 1.29 is 4.74 Å². The second kappa shape index (κ2) is 7.46. The number of nitrogens with zero attached hydrogens (tertiary/aromatic N) is 1. The van der Waals surface area contributed by atoms with Crippen molar-refractivity contribution in [3.05, 3.63) is 0 Å². The summed E-state index contributed by atoms with van der Waals surface area (Å²) in [5, 5.41) is 3.60. The van der Waals surface area contributed by atoms with Gasteiger partial charge in [-0.15, -0.1) is 0 Å². The van der Waals surface area contributed by atoms with Gasteiger partial charge in [-0.2, -0.15) is 0 Å². The van der Waals surface area contributed by atoms with Gasteiger partial charge < -0.3 is 10.1 Å². The molecule has 18 heavy (non-hydrogen) atoms. The number of likely N-dealkylation sites (N-methyl/N-ethyl adjacent to an activating group) is 1. The Morgan fingerprint density at radius 2 is 2.00 bits per heavy atom. The summed E-state index contributed by atoms with van der Waals surface area (Å²) < 4.78 is 5.65. The van der Waals surface area contributed by atoms with Crippen molar-refractivity contribution in [3.8, 4) is 0 Å². The summed E-state index contributed by atoms with van der Waals surface area (Å²) in [6.45, 7) is 8.95. The minimum atomic E-state index is 0.471. The smallest absolute Gasteiger partial charge is 0.0700 e. The summed E-state index contributed by atoms with van der Waals surface area (Å²) in [4.78, 5) is 2.69. The van der Waals surface area contributed by atoms with Gasteiger partial charge >= 0.3 is 0 Å². The lowest BCUT2D eigenvalue weighted by molar-refractivity contribution is 0.104. The van der Waals surface area contributed by atoms with Crippen LogP contribution in [0.3, 0.4) is 0 Å². The van der Waals surface area contributed by atoms with Gasteiger partial charge in [0.15, 0.2) is 0 Å². The maximum absolute atomic E-state index is 5.65. The molecule has 0 aromatic carbocycles. The van der Waals surface area contributed by atoms with Crippen LogP contribution in [0.25, 0.3) is 0 Å². The van der Waals surface area contributed by atoms with Crippen LogP contribution in [-0.2, 0) is 4.74 Å². The average molecular weight is 254 g/mol. The van der Waals surface area contributed by atoms with Crippen molar-refractivity contribution in [2.24, 2.45) is 0 Å². The number of nitrogens with one attached hydrogen (secondary N) is 1. The van der Waals surface area contributed by atoms with Gasteiger partial charge in [0.25, 0.3) is 0 Å². The van der Waals surface area contributed by atoms with Crippen molar-refractivity contribution in [2.45, 2.75) is 70.6 Å². The molecule has 2 unspecified atom stereocenters. The predicted molar refractivity (Wildman–Crippen MR) is 75.9 cm³/mol. The zero-order chi connectivity index (χ0) is 12.8. The molecule has 0 radical (unpaired) electrons. The molecule has 1 N–H and O–H groups in total. The molecule has 106 valence electrons. The van der Waals surface area contributed by atoms with Crippen LogP contribution in [0.5, 0.6) is 0 Å². The maximum Gasteiger partial charge on any atom is 0.0700 e. The zero-order valence-corrected chi connectivity index (χ0v) is 12.2. The molecular formula is C15H30N2O. The minimum absolute atomic E-state index is 0.471. The molecule has 2 aliphatic rings. The number of hydrogen-bond acceptors (Lipinski definition) is 3. The molecule has 3 heteroatoms. The molecule has 2 fully saturated rings. The SMILES string of the molecule is CCN(C(C)CNCC1CCCO1)C1CCCC1. The van der Waals surface area contributed by atoms with E-state index in [-0.39, 0.29) is 0 Å². The first kappa shape index (κ1) is 14.3. The Bertz CT molecular complexity index is 223. The standard InChI is InChI=1S/C15H30N2O/c1-3-17(14-7-4-5-8-14)13(2)11-16-12-15-9-6-10-18-15/h13-16H,3-12H2,1-2H3. The first-order chi connectivity index (χ1) is 8.81. The highest BCUT2D eigenvalue weighted by Gasteiger charge is 2.25. The van der Waals surface area contributed by atoms with E-state index in [0.29, 0.717) is 12.1 Å². The van der Waals surface area contributed by atoms with E-state index < -0.39 is 0 Å². The lowest BCUT2D eigenvalue weighted by Gasteiger charge is -2.33. The quantitative estimate of drug-likeness (QED) is 0.755. The largest absolute Gasteiger partial charge is 0.377 e. The van der Waals surface area contributed by atoms with Crippen LogP contribution in [0, 0.1) is 0 Å². The second-order valence-electron chi connectivity index (χ2n) is 5.91. The molecule has 0 spiro atoms. The summed E-state index contributed by atoms with van der Waals surface area (Å²) in [6.07, 6.45) is 8.62. The Morgan fingerprint density at radius 1 is 1.22 bits per heavy atom. The fourth-order valence-corrected chi connectivity index (χ4v) is 3.54. The number of ether oxygens (including phenoxy) is 1. The van der Waals surface area contributed by atoms with Gasteiger partial charge in [0.1, 0.15) is 0 Å². The van der Waals surface area contributed by atoms with E-state index in [4.69, 9.17) is 4.74 Å². The van der Waals surface area contributed by atoms with Gasteiger partial charge in [-0.25, -0.2) is 0 Å². The Balaban J connectivity index is 1.66. The predicted octanol–water partition coefficient (Wildman–Crippen LogP) is 2.41. The molecule has 0 aromatic heterocycles. The molecule has 3 nitrogen and oxygen atoms in total. The highest BCUT2D eigenvalue weighted by atomic mass is 16.5. The van der Waals surface area contributed by atoms with Gasteiger partial charge in [0.05, 0.1) is 6.10 Å². The number of hydrogen-bond donors (Lipinski definition) is 1. The van der Waals surface area contributed by atoms with Crippen LogP contribution < -0.4 is 5.32 Å². The molecule has 2 rings (SSSR count). The van der Waals surface area contributed by atoms with E-state index in [0.717, 1.165) is 25.7 Å². The molecule has 0 bridgehead atoms. The monoisotopic (exact) mass is 254 g/mol. The molecule has 1 saturated heterocycles. The molecule has 2 atom stereocenters. The molecule has 1 aliphatic heterocycles. The van der Waals surface area contributed by atoms with Crippen molar-refractivity contribution in [2.75, 3.05) is 26.2 Å². The third-order valence-electron chi connectivity index (χ3n) is 4.56. The Labute approximate surface area is 112 Å². The van der Waals surface area contributed by atoms with Crippen LogP contribution in [-0.4, -0.2) is 49.3 Å². The third-order valence-corrected chi connectivity index (χ3v) is 4.56. The highest BCUT2D eigenvalue weighted by Crippen LogP contribution is 2.24. The highest BCUT2D eigenvalue weighted by molar-refractivity contribution is 4.81. The zero-order valence-electron chi connectivity index (χ0n) is 12.2. The van der Waals surface area contributed by atoms with E-state index in [1.807, 2.05) is 0 Å². The van der Waals surface area contributed by atoms with Gasteiger partial charge in [0, 0.05) is 31.8 Å². The molecular weight excluding hydrogens is 224 g/mol. The molecule has 1 saturated carbocycles. The van der Waals surface area contributed by atoms with Crippen LogP contribution in [0.15, 0.2) is 0 Å². The maximum atomic E-state index is 5.65. The van der Waals surface area contributed by atoms with Crippen LogP contribution in [0.4, 0.5) is 0 Å². The summed E-state index contributed by atoms with van der Waals surface area (Å²) in [5.74, 6) is 0. The fourth-order valence-electron chi connectivity index (χ4n) is 3.54. The fraction of sp³-hybridized carbons (Fsp3) is 1.00. The first-order valence-electron chi connectivity index (χ1n) is 7.89. The summed E-state index contributed by atoms with van der Waals surface area (Å²) in [6, 6.07) is 1.49. The van der Waals surface area contributed by atoms with Gasteiger partial charge in [-0.05, 0) is 39.2 Å². The Hall–Kier alpha value is -0.120. The van der Waals surface area contributed by atoms with E-state index in [1.54, 1.807) is 0 Å². The van der Waals surface area contributed by atoms with Crippen LogP contribution in [0.2, 0.25) is 0 Å². The van der Waals surface area contributed by atoms with E-state index in [2.05, 4.69) is 24.1 Å². The molecule has 1 heterocycles. The van der Waals surface area contributed by atoms with E-state index in [9.17, 15) is 0 Å². The normalized spacial score (nSPS) is 27.2. The summed E-state index contributed by atoms with van der Waals surface area (Å²) in [7, 11) is 0. The van der Waals surface area contributed by atoms with Crippen LogP contribution >= 0.6 is 0 Å². The average Bonchev–Trinajstić information content (AvgIpc) is 3.02. The van der Waals surface area contributed by atoms with Gasteiger partial charge in [-0.3, -0.25) is 4.90 Å². The summed E-state index contributed by atoms with van der Waals surface area (Å²) >= 11 is 0. The lowest BCUT2D eigenvalue weighted by Crippen LogP contribution is -2.46. The van der Waals surface area contributed by atoms with Crippen molar-refractivity contribution >= 4 is 0 Å². The van der Waals surface area contributed by atoms with Crippen molar-refractivity contribution in [3.63, 3.8) is 0 Å². The molecule has 0 amide bonds. The van der Waals surface area contributed by atoms with E-state index in [1.165, 1.54) is 45.1 Å². The third kappa shape index (κ3) is 3.94. The molecule has 0 aromatic rings. The molecule has 1 aliphatic carbocycles. The van der Waals surface area contributed by atoms with Crippen LogP contribution in [0.1, 0.15) is 52.4 Å². The second-order valence-corrected chi connectivity index (χ2v) is 5.91. The van der Waals surface area contributed by atoms with Crippen molar-refractivity contribution in [1.82, 2.24) is 10.2 Å². The Kier molecular flexibility index (Phi) is 5.93. The lowest BCUT2D eigenvalue weighted by atomic mass is 10.1.